The zero-order chi connectivity index (χ0) is 15.4. The predicted octanol–water partition coefficient (Wildman–Crippen LogP) is 4.22. The van der Waals surface area contributed by atoms with E-state index in [1.807, 2.05) is 6.26 Å². The van der Waals surface area contributed by atoms with Gasteiger partial charge < -0.3 is 5.32 Å². The lowest BCUT2D eigenvalue weighted by molar-refractivity contribution is -0.385. The van der Waals surface area contributed by atoms with Gasteiger partial charge in [0.05, 0.1) is 15.6 Å². The third-order valence-corrected chi connectivity index (χ3v) is 3.82. The van der Waals surface area contributed by atoms with E-state index in [9.17, 15) is 14.9 Å². The third-order valence-electron chi connectivity index (χ3n) is 2.77. The number of nitro benzene ring substituents is 1. The molecule has 0 radical (unpaired) electrons. The van der Waals surface area contributed by atoms with Crippen LogP contribution in [0.15, 0.2) is 47.4 Å². The molecule has 0 spiro atoms. The average Bonchev–Trinajstić information content (AvgIpc) is 2.48. The van der Waals surface area contributed by atoms with Gasteiger partial charge in [0.15, 0.2) is 0 Å². The summed E-state index contributed by atoms with van der Waals surface area (Å²) in [6.45, 7) is 0. The highest BCUT2D eigenvalue weighted by Gasteiger charge is 2.21. The molecule has 2 rings (SSSR count). The number of anilines is 1. The molecule has 0 aliphatic rings. The van der Waals surface area contributed by atoms with Gasteiger partial charge in [0.25, 0.3) is 11.6 Å². The summed E-state index contributed by atoms with van der Waals surface area (Å²) in [6, 6.07) is 11.1. The fourth-order valence-corrected chi connectivity index (χ4v) is 2.36. The molecule has 0 aromatic heterocycles. The van der Waals surface area contributed by atoms with Crippen molar-refractivity contribution < 1.29 is 9.72 Å². The van der Waals surface area contributed by atoms with E-state index in [2.05, 4.69) is 5.32 Å². The second-order valence-corrected chi connectivity index (χ2v) is 5.36. The Kier molecular flexibility index (Phi) is 4.82. The van der Waals surface area contributed by atoms with E-state index in [1.165, 1.54) is 23.9 Å². The van der Waals surface area contributed by atoms with Crippen LogP contribution in [0.2, 0.25) is 5.02 Å². The Bertz CT molecular complexity index is 706. The largest absolute Gasteiger partial charge is 0.320 e. The Balaban J connectivity index is 2.38. The number of nitrogens with one attached hydrogen (secondary N) is 1. The molecular weight excluding hydrogens is 312 g/mol. The minimum atomic E-state index is -0.578. The number of para-hydroxylation sites is 1. The highest BCUT2D eigenvalue weighted by atomic mass is 35.5. The number of rotatable bonds is 4. The minimum absolute atomic E-state index is 0.00627. The fraction of sp³-hybridized carbons (Fsp3) is 0.0714. The van der Waals surface area contributed by atoms with Gasteiger partial charge in [0.1, 0.15) is 5.56 Å². The number of carbonyl (C=O) groups is 1. The van der Waals surface area contributed by atoms with Gasteiger partial charge >= 0.3 is 0 Å². The van der Waals surface area contributed by atoms with Crippen LogP contribution in [-0.4, -0.2) is 17.1 Å². The molecule has 2 aromatic rings. The van der Waals surface area contributed by atoms with Gasteiger partial charge in [-0.15, -0.1) is 11.8 Å². The first-order chi connectivity index (χ1) is 10.0. The molecule has 21 heavy (non-hydrogen) atoms. The minimum Gasteiger partial charge on any atom is -0.320 e. The van der Waals surface area contributed by atoms with Crippen LogP contribution in [0.3, 0.4) is 0 Å². The summed E-state index contributed by atoms with van der Waals surface area (Å²) in [6.07, 6.45) is 1.83. The van der Waals surface area contributed by atoms with Crippen LogP contribution in [0.25, 0.3) is 0 Å². The Morgan fingerprint density at radius 1 is 1.29 bits per heavy atom. The summed E-state index contributed by atoms with van der Waals surface area (Å²) >= 11 is 7.37. The summed E-state index contributed by atoms with van der Waals surface area (Å²) in [5.41, 5.74) is 0.178. The summed E-state index contributed by atoms with van der Waals surface area (Å²) in [4.78, 5) is 23.5. The van der Waals surface area contributed by atoms with E-state index in [0.717, 1.165) is 4.90 Å². The lowest BCUT2D eigenvalue weighted by Crippen LogP contribution is -2.14. The number of hydrogen-bond acceptors (Lipinski definition) is 4. The highest BCUT2D eigenvalue weighted by molar-refractivity contribution is 7.98. The van der Waals surface area contributed by atoms with Crippen molar-refractivity contribution in [2.24, 2.45) is 0 Å². The fourth-order valence-electron chi connectivity index (χ4n) is 1.74. The molecule has 0 bridgehead atoms. The maximum Gasteiger partial charge on any atom is 0.282 e. The van der Waals surface area contributed by atoms with Crippen LogP contribution in [0, 0.1) is 10.1 Å². The Morgan fingerprint density at radius 2 is 2.00 bits per heavy atom. The van der Waals surface area contributed by atoms with Crippen molar-refractivity contribution >= 4 is 40.6 Å². The molecule has 5 nitrogen and oxygen atoms in total. The van der Waals surface area contributed by atoms with Crippen molar-refractivity contribution in [3.05, 3.63) is 63.2 Å². The number of benzene rings is 2. The van der Waals surface area contributed by atoms with Crippen LogP contribution in [0.4, 0.5) is 11.4 Å². The standard InChI is InChI=1S/C14H11ClN2O3S/c1-21-9-6-7-13(17(19)20)10(8-9)14(18)16-12-5-3-2-4-11(12)15/h2-8H,1H3,(H,16,18). The summed E-state index contributed by atoms with van der Waals surface area (Å²) < 4.78 is 0. The zero-order valence-corrected chi connectivity index (χ0v) is 12.6. The SMILES string of the molecule is CSc1ccc([N+](=O)[O-])c(C(=O)Nc2ccccc2Cl)c1. The number of hydrogen-bond donors (Lipinski definition) is 1. The number of nitrogens with zero attached hydrogens (tertiary/aromatic N) is 1. The van der Waals surface area contributed by atoms with Crippen molar-refractivity contribution in [1.29, 1.82) is 0 Å². The number of halogens is 1. The van der Waals surface area contributed by atoms with Crippen molar-refractivity contribution in [1.82, 2.24) is 0 Å². The molecular formula is C14H11ClN2O3S. The van der Waals surface area contributed by atoms with Crippen LogP contribution in [-0.2, 0) is 0 Å². The maximum atomic E-state index is 12.3. The topological polar surface area (TPSA) is 72.2 Å². The Hall–Kier alpha value is -2.05. The van der Waals surface area contributed by atoms with E-state index < -0.39 is 10.8 Å². The maximum absolute atomic E-state index is 12.3. The first-order valence-electron chi connectivity index (χ1n) is 5.91. The summed E-state index contributed by atoms with van der Waals surface area (Å²) in [5.74, 6) is -0.564. The summed E-state index contributed by atoms with van der Waals surface area (Å²) in [5, 5.41) is 14.0. The van der Waals surface area contributed by atoms with Gasteiger partial charge in [-0.25, -0.2) is 0 Å². The summed E-state index contributed by atoms with van der Waals surface area (Å²) in [7, 11) is 0. The Labute approximate surface area is 130 Å². The number of amides is 1. The molecule has 0 aliphatic heterocycles. The van der Waals surface area contributed by atoms with Gasteiger partial charge in [0.2, 0.25) is 0 Å². The molecule has 0 fully saturated rings. The van der Waals surface area contributed by atoms with Crippen LogP contribution < -0.4 is 5.32 Å². The van der Waals surface area contributed by atoms with Gasteiger partial charge in [-0.1, -0.05) is 23.7 Å². The zero-order valence-electron chi connectivity index (χ0n) is 11.0. The molecule has 1 N–H and O–H groups in total. The normalized spacial score (nSPS) is 10.2. The van der Waals surface area contributed by atoms with E-state index >= 15 is 0 Å². The Morgan fingerprint density at radius 3 is 2.62 bits per heavy atom. The molecule has 0 atom stereocenters. The lowest BCUT2D eigenvalue weighted by atomic mass is 10.1. The highest BCUT2D eigenvalue weighted by Crippen LogP contribution is 2.27. The molecule has 0 unspecified atom stereocenters. The second-order valence-electron chi connectivity index (χ2n) is 4.07. The number of carbonyl (C=O) groups excluding carboxylic acids is 1. The molecule has 108 valence electrons. The molecule has 0 aliphatic carbocycles. The van der Waals surface area contributed by atoms with Crippen LogP contribution >= 0.6 is 23.4 Å². The van der Waals surface area contributed by atoms with Crippen molar-refractivity contribution in [3.8, 4) is 0 Å². The van der Waals surface area contributed by atoms with Gasteiger partial charge in [-0.05, 0) is 30.5 Å². The average molecular weight is 323 g/mol. The molecule has 0 saturated carbocycles. The van der Waals surface area contributed by atoms with Crippen LogP contribution in [0.5, 0.6) is 0 Å². The first kappa shape index (κ1) is 15.3. The quantitative estimate of drug-likeness (QED) is 0.519. The number of nitro groups is 1. The van der Waals surface area contributed by atoms with E-state index in [4.69, 9.17) is 11.6 Å². The van der Waals surface area contributed by atoms with Gasteiger partial charge in [0, 0.05) is 11.0 Å². The van der Waals surface area contributed by atoms with Crippen molar-refractivity contribution in [2.45, 2.75) is 4.90 Å². The van der Waals surface area contributed by atoms with Crippen LogP contribution in [0.1, 0.15) is 10.4 Å². The van der Waals surface area contributed by atoms with Crippen molar-refractivity contribution in [2.75, 3.05) is 11.6 Å². The molecule has 2 aromatic carbocycles. The lowest BCUT2D eigenvalue weighted by Gasteiger charge is -2.08. The smallest absolute Gasteiger partial charge is 0.282 e. The van der Waals surface area contributed by atoms with Gasteiger partial charge in [-0.2, -0.15) is 0 Å². The van der Waals surface area contributed by atoms with E-state index in [-0.39, 0.29) is 11.3 Å². The second kappa shape index (κ2) is 6.60. The molecule has 1 amide bonds. The first-order valence-corrected chi connectivity index (χ1v) is 7.51. The van der Waals surface area contributed by atoms with E-state index in [1.54, 1.807) is 30.3 Å². The van der Waals surface area contributed by atoms with Crippen molar-refractivity contribution in [3.63, 3.8) is 0 Å². The third kappa shape index (κ3) is 3.53. The predicted molar refractivity (Wildman–Crippen MR) is 84.3 cm³/mol. The number of thioether (sulfide) groups is 1. The monoisotopic (exact) mass is 322 g/mol. The molecule has 0 heterocycles. The molecule has 7 heteroatoms. The van der Waals surface area contributed by atoms with E-state index in [0.29, 0.717) is 10.7 Å². The molecule has 0 saturated heterocycles. The van der Waals surface area contributed by atoms with Gasteiger partial charge in [-0.3, -0.25) is 14.9 Å².